The number of aromatic amines is 1. The quantitative estimate of drug-likeness (QED) is 0.480. The van der Waals surface area contributed by atoms with Gasteiger partial charge < -0.3 is 14.6 Å². The first-order chi connectivity index (χ1) is 13.7. The summed E-state index contributed by atoms with van der Waals surface area (Å²) in [5, 5.41) is 0. The normalized spacial score (nSPS) is 11.9. The minimum atomic E-state index is -0.00928. The molecule has 0 aliphatic heterocycles. The minimum Gasteiger partial charge on any atom is -0.497 e. The van der Waals surface area contributed by atoms with Crippen LogP contribution in [0.15, 0.2) is 85.8 Å². The SMILES string of the molecule is C=CN(c1ccc2nc[nH]c2c1)C(c1ccc(OC)cc1)c1ccccc1C. The van der Waals surface area contributed by atoms with Crippen molar-refractivity contribution < 1.29 is 4.74 Å². The van der Waals surface area contributed by atoms with Crippen molar-refractivity contribution in [2.75, 3.05) is 12.0 Å². The third-order valence-corrected chi connectivity index (χ3v) is 5.09. The van der Waals surface area contributed by atoms with Crippen molar-refractivity contribution in [3.05, 3.63) is 103 Å². The molecular weight excluding hydrogens is 346 g/mol. The Bertz CT molecular complexity index is 1100. The Kier molecular flexibility index (Phi) is 4.85. The Hall–Kier alpha value is -3.53. The molecule has 28 heavy (non-hydrogen) atoms. The number of benzene rings is 3. The molecule has 0 saturated carbocycles. The van der Waals surface area contributed by atoms with Crippen LogP contribution in [0, 0.1) is 6.92 Å². The second-order valence-electron chi connectivity index (χ2n) is 6.73. The van der Waals surface area contributed by atoms with Crippen LogP contribution in [-0.2, 0) is 0 Å². The molecule has 0 aliphatic rings. The van der Waals surface area contributed by atoms with Crippen molar-refractivity contribution in [3.63, 3.8) is 0 Å². The molecule has 0 spiro atoms. The van der Waals surface area contributed by atoms with Crippen molar-refractivity contribution in [2.24, 2.45) is 0 Å². The van der Waals surface area contributed by atoms with Crippen molar-refractivity contribution in [1.29, 1.82) is 0 Å². The van der Waals surface area contributed by atoms with Crippen LogP contribution in [0.25, 0.3) is 11.0 Å². The van der Waals surface area contributed by atoms with Crippen LogP contribution in [0.4, 0.5) is 5.69 Å². The number of aromatic nitrogens is 2. The molecule has 4 rings (SSSR count). The molecule has 4 nitrogen and oxygen atoms in total. The number of fused-ring (bicyclic) bond motifs is 1. The maximum atomic E-state index is 5.34. The topological polar surface area (TPSA) is 41.2 Å². The average Bonchev–Trinajstić information content (AvgIpc) is 3.21. The summed E-state index contributed by atoms with van der Waals surface area (Å²) in [6.45, 7) is 6.26. The highest BCUT2D eigenvalue weighted by molar-refractivity contribution is 5.79. The highest BCUT2D eigenvalue weighted by atomic mass is 16.5. The van der Waals surface area contributed by atoms with Gasteiger partial charge in [0, 0.05) is 5.69 Å². The number of H-pyrrole nitrogens is 1. The fourth-order valence-electron chi connectivity index (χ4n) is 3.61. The molecule has 1 unspecified atom stereocenters. The van der Waals surface area contributed by atoms with Gasteiger partial charge in [0.2, 0.25) is 0 Å². The van der Waals surface area contributed by atoms with Crippen molar-refractivity contribution in [3.8, 4) is 5.75 Å². The molecule has 1 atom stereocenters. The molecule has 0 fully saturated rings. The second kappa shape index (κ2) is 7.61. The molecule has 0 bridgehead atoms. The number of methoxy groups -OCH3 is 1. The molecule has 1 aromatic heterocycles. The maximum absolute atomic E-state index is 5.34. The number of ether oxygens (including phenoxy) is 1. The van der Waals surface area contributed by atoms with Gasteiger partial charge in [0.25, 0.3) is 0 Å². The van der Waals surface area contributed by atoms with E-state index in [1.165, 1.54) is 16.7 Å². The van der Waals surface area contributed by atoms with Crippen LogP contribution >= 0.6 is 0 Å². The van der Waals surface area contributed by atoms with Crippen molar-refractivity contribution >= 4 is 16.7 Å². The van der Waals surface area contributed by atoms with E-state index in [0.29, 0.717) is 0 Å². The molecule has 140 valence electrons. The maximum Gasteiger partial charge on any atom is 0.118 e. The van der Waals surface area contributed by atoms with Gasteiger partial charge in [-0.15, -0.1) is 0 Å². The van der Waals surface area contributed by atoms with Crippen LogP contribution in [0.1, 0.15) is 22.7 Å². The van der Waals surface area contributed by atoms with Gasteiger partial charge in [-0.3, -0.25) is 0 Å². The van der Waals surface area contributed by atoms with Crippen molar-refractivity contribution in [2.45, 2.75) is 13.0 Å². The van der Waals surface area contributed by atoms with Gasteiger partial charge in [-0.25, -0.2) is 4.98 Å². The van der Waals surface area contributed by atoms with E-state index in [1.54, 1.807) is 13.4 Å². The van der Waals surface area contributed by atoms with E-state index in [4.69, 9.17) is 4.74 Å². The highest BCUT2D eigenvalue weighted by Crippen LogP contribution is 2.36. The van der Waals surface area contributed by atoms with E-state index in [1.807, 2.05) is 24.4 Å². The summed E-state index contributed by atoms with van der Waals surface area (Å²) >= 11 is 0. The van der Waals surface area contributed by atoms with E-state index >= 15 is 0 Å². The van der Waals surface area contributed by atoms with Crippen LogP contribution in [0.3, 0.4) is 0 Å². The average molecular weight is 369 g/mol. The molecule has 0 aliphatic carbocycles. The molecule has 1 N–H and O–H groups in total. The van der Waals surface area contributed by atoms with E-state index in [2.05, 4.69) is 76.9 Å². The molecule has 0 amide bonds. The summed E-state index contributed by atoms with van der Waals surface area (Å²) in [6, 6.07) is 22.9. The number of hydrogen-bond donors (Lipinski definition) is 1. The number of rotatable bonds is 6. The number of hydrogen-bond acceptors (Lipinski definition) is 3. The van der Waals surface area contributed by atoms with Gasteiger partial charge in [-0.05, 0) is 60.1 Å². The van der Waals surface area contributed by atoms with Gasteiger partial charge in [0.05, 0.1) is 30.5 Å². The molecule has 1 heterocycles. The van der Waals surface area contributed by atoms with Crippen LogP contribution in [0.2, 0.25) is 0 Å². The predicted octanol–water partition coefficient (Wildman–Crippen LogP) is 5.62. The van der Waals surface area contributed by atoms with Gasteiger partial charge in [-0.1, -0.05) is 43.0 Å². The summed E-state index contributed by atoms with van der Waals surface area (Å²) in [6.07, 6.45) is 3.61. The second-order valence-corrected chi connectivity index (χ2v) is 6.73. The first-order valence-electron chi connectivity index (χ1n) is 9.25. The lowest BCUT2D eigenvalue weighted by Crippen LogP contribution is -2.24. The van der Waals surface area contributed by atoms with Crippen LogP contribution in [0.5, 0.6) is 5.75 Å². The summed E-state index contributed by atoms with van der Waals surface area (Å²) in [7, 11) is 1.68. The molecular formula is C24H23N3O. The monoisotopic (exact) mass is 369 g/mol. The molecule has 4 heteroatoms. The number of anilines is 1. The largest absolute Gasteiger partial charge is 0.497 e. The summed E-state index contributed by atoms with van der Waals surface area (Å²) in [5.74, 6) is 0.844. The standard InChI is InChI=1S/C24H23N3O/c1-4-27(19-11-14-22-23(15-19)26-16-25-22)24(21-8-6-5-7-17(21)2)18-9-12-20(28-3)13-10-18/h4-16,24H,1H2,2-3H3,(H,25,26). The number of nitrogens with one attached hydrogen (secondary N) is 1. The highest BCUT2D eigenvalue weighted by Gasteiger charge is 2.23. The fourth-order valence-corrected chi connectivity index (χ4v) is 3.61. The van der Waals surface area contributed by atoms with Gasteiger partial charge in [0.1, 0.15) is 5.75 Å². The van der Waals surface area contributed by atoms with Gasteiger partial charge in [-0.2, -0.15) is 0 Å². The zero-order valence-electron chi connectivity index (χ0n) is 16.1. The lowest BCUT2D eigenvalue weighted by Gasteiger charge is -2.32. The van der Waals surface area contributed by atoms with Gasteiger partial charge in [0.15, 0.2) is 0 Å². The van der Waals surface area contributed by atoms with Gasteiger partial charge >= 0.3 is 0 Å². The van der Waals surface area contributed by atoms with E-state index in [-0.39, 0.29) is 6.04 Å². The molecule has 3 aromatic carbocycles. The third kappa shape index (κ3) is 3.25. The Morgan fingerprint density at radius 2 is 1.86 bits per heavy atom. The first kappa shape index (κ1) is 17.9. The molecule has 0 saturated heterocycles. The van der Waals surface area contributed by atoms with Crippen molar-refractivity contribution in [1.82, 2.24) is 9.97 Å². The lowest BCUT2D eigenvalue weighted by molar-refractivity contribution is 0.414. The Labute approximate surface area is 165 Å². The Balaban J connectivity index is 1.86. The van der Waals surface area contributed by atoms with E-state index < -0.39 is 0 Å². The number of imidazole rings is 1. The molecule has 0 radical (unpaired) electrons. The third-order valence-electron chi connectivity index (χ3n) is 5.09. The Morgan fingerprint density at radius 3 is 2.57 bits per heavy atom. The number of nitrogens with zero attached hydrogens (tertiary/aromatic N) is 2. The first-order valence-corrected chi connectivity index (χ1v) is 9.25. The summed E-state index contributed by atoms with van der Waals surface area (Å²) in [5.41, 5.74) is 6.64. The minimum absolute atomic E-state index is 0.00928. The number of aryl methyl sites for hydroxylation is 1. The Morgan fingerprint density at radius 1 is 1.07 bits per heavy atom. The van der Waals surface area contributed by atoms with Crippen LogP contribution < -0.4 is 9.64 Å². The van der Waals surface area contributed by atoms with E-state index in [9.17, 15) is 0 Å². The summed E-state index contributed by atoms with van der Waals surface area (Å²) in [4.78, 5) is 9.72. The van der Waals surface area contributed by atoms with E-state index in [0.717, 1.165) is 22.5 Å². The smallest absolute Gasteiger partial charge is 0.118 e. The predicted molar refractivity (Wildman–Crippen MR) is 115 cm³/mol. The zero-order chi connectivity index (χ0) is 19.5. The molecule has 4 aromatic rings. The zero-order valence-corrected chi connectivity index (χ0v) is 16.1. The van der Waals surface area contributed by atoms with Crippen LogP contribution in [-0.4, -0.2) is 17.1 Å². The summed E-state index contributed by atoms with van der Waals surface area (Å²) < 4.78 is 5.34. The lowest BCUT2D eigenvalue weighted by atomic mass is 9.93. The fraction of sp³-hybridized carbons (Fsp3) is 0.125.